The zero-order valence-electron chi connectivity index (χ0n) is 10.7. The van der Waals surface area contributed by atoms with E-state index < -0.39 is 14.9 Å². The molecule has 0 aliphatic heterocycles. The van der Waals surface area contributed by atoms with Crippen LogP contribution in [0.3, 0.4) is 0 Å². The molecule has 1 aliphatic carbocycles. The van der Waals surface area contributed by atoms with Gasteiger partial charge >= 0.3 is 0 Å². The van der Waals surface area contributed by atoms with Crippen molar-refractivity contribution in [1.82, 2.24) is 4.31 Å². The lowest BCUT2D eigenvalue weighted by molar-refractivity contribution is -0.384. The number of nitro groups is 1. The first kappa shape index (κ1) is 13.8. The molecular formula is C11H15N3O4S. The van der Waals surface area contributed by atoms with Crippen molar-refractivity contribution in [2.24, 2.45) is 0 Å². The van der Waals surface area contributed by atoms with Gasteiger partial charge in [-0.15, -0.1) is 0 Å². The van der Waals surface area contributed by atoms with Gasteiger partial charge in [-0.3, -0.25) is 10.1 Å². The first-order chi connectivity index (χ1) is 8.87. The van der Waals surface area contributed by atoms with Gasteiger partial charge in [-0.1, -0.05) is 0 Å². The number of benzene rings is 1. The molecule has 0 unspecified atom stereocenters. The van der Waals surface area contributed by atoms with Gasteiger partial charge in [-0.2, -0.15) is 4.31 Å². The highest BCUT2D eigenvalue weighted by molar-refractivity contribution is 7.89. The fraction of sp³-hybridized carbons (Fsp3) is 0.455. The van der Waals surface area contributed by atoms with Crippen LogP contribution in [0.2, 0.25) is 0 Å². The summed E-state index contributed by atoms with van der Waals surface area (Å²) in [7, 11) is -0.528. The average molecular weight is 285 g/mol. The van der Waals surface area contributed by atoms with Gasteiger partial charge in [0.15, 0.2) is 0 Å². The molecule has 19 heavy (non-hydrogen) atoms. The minimum absolute atomic E-state index is 0.0539. The molecule has 1 saturated carbocycles. The number of anilines is 1. The molecule has 0 bridgehead atoms. The lowest BCUT2D eigenvalue weighted by atomic mass is 10.3. The smallest absolute Gasteiger partial charge is 0.292 e. The Morgan fingerprint density at radius 3 is 2.53 bits per heavy atom. The summed E-state index contributed by atoms with van der Waals surface area (Å²) in [5.41, 5.74) is 0.0470. The van der Waals surface area contributed by atoms with Gasteiger partial charge in [0.1, 0.15) is 5.69 Å². The van der Waals surface area contributed by atoms with Crippen molar-refractivity contribution < 1.29 is 13.3 Å². The summed E-state index contributed by atoms with van der Waals surface area (Å²) in [4.78, 5) is 10.3. The summed E-state index contributed by atoms with van der Waals surface area (Å²) in [6.07, 6.45) is 1.73. The Morgan fingerprint density at radius 2 is 2.05 bits per heavy atom. The third-order valence-corrected chi connectivity index (χ3v) is 5.08. The van der Waals surface area contributed by atoms with Crippen molar-refractivity contribution in [3.8, 4) is 0 Å². The summed E-state index contributed by atoms with van der Waals surface area (Å²) in [6.45, 7) is 0. The van der Waals surface area contributed by atoms with Crippen molar-refractivity contribution in [1.29, 1.82) is 0 Å². The first-order valence-electron chi connectivity index (χ1n) is 5.82. The monoisotopic (exact) mass is 285 g/mol. The molecule has 0 aromatic heterocycles. The quantitative estimate of drug-likeness (QED) is 0.652. The highest BCUT2D eigenvalue weighted by Crippen LogP contribution is 2.33. The number of hydrogen-bond donors (Lipinski definition) is 1. The summed E-state index contributed by atoms with van der Waals surface area (Å²) in [6, 6.07) is 3.83. The van der Waals surface area contributed by atoms with Crippen LogP contribution >= 0.6 is 0 Å². The van der Waals surface area contributed by atoms with E-state index in [9.17, 15) is 18.5 Å². The Bertz CT molecular complexity index is 610. The number of sulfonamides is 1. The molecule has 1 aromatic rings. The molecule has 0 spiro atoms. The van der Waals surface area contributed by atoms with Crippen LogP contribution in [0.25, 0.3) is 0 Å². The second-order valence-electron chi connectivity index (χ2n) is 4.44. The summed E-state index contributed by atoms with van der Waals surface area (Å²) in [5.74, 6) is 0. The molecule has 2 rings (SSSR count). The minimum Gasteiger partial charge on any atom is -0.383 e. The van der Waals surface area contributed by atoms with Crippen molar-refractivity contribution in [3.63, 3.8) is 0 Å². The number of rotatable bonds is 5. The Balaban J connectivity index is 2.43. The fourth-order valence-electron chi connectivity index (χ4n) is 1.84. The van der Waals surface area contributed by atoms with Crippen molar-refractivity contribution in [2.45, 2.75) is 23.8 Å². The maximum absolute atomic E-state index is 12.3. The van der Waals surface area contributed by atoms with Crippen LogP contribution in [0.1, 0.15) is 12.8 Å². The van der Waals surface area contributed by atoms with E-state index in [0.717, 1.165) is 12.8 Å². The lowest BCUT2D eigenvalue weighted by Crippen LogP contribution is -2.29. The number of hydrogen-bond acceptors (Lipinski definition) is 5. The molecule has 8 heteroatoms. The fourth-order valence-corrected chi connectivity index (χ4v) is 3.28. The molecular weight excluding hydrogens is 270 g/mol. The first-order valence-corrected chi connectivity index (χ1v) is 7.26. The average Bonchev–Trinajstić information content (AvgIpc) is 3.21. The summed E-state index contributed by atoms with van der Waals surface area (Å²) in [5, 5.41) is 13.4. The molecule has 0 atom stereocenters. The van der Waals surface area contributed by atoms with E-state index >= 15 is 0 Å². The zero-order chi connectivity index (χ0) is 14.2. The molecule has 0 radical (unpaired) electrons. The van der Waals surface area contributed by atoms with Crippen molar-refractivity contribution in [2.75, 3.05) is 19.4 Å². The Morgan fingerprint density at radius 1 is 1.42 bits per heavy atom. The van der Waals surface area contributed by atoms with E-state index in [4.69, 9.17) is 0 Å². The molecule has 1 aliphatic rings. The summed E-state index contributed by atoms with van der Waals surface area (Å²) >= 11 is 0. The molecule has 0 heterocycles. The number of nitrogens with one attached hydrogen (secondary N) is 1. The molecule has 7 nitrogen and oxygen atoms in total. The van der Waals surface area contributed by atoms with Crippen molar-refractivity contribution in [3.05, 3.63) is 28.3 Å². The van der Waals surface area contributed by atoms with E-state index in [-0.39, 0.29) is 22.3 Å². The van der Waals surface area contributed by atoms with Gasteiger partial charge in [0, 0.05) is 26.2 Å². The molecule has 1 fully saturated rings. The predicted octanol–water partition coefficient (Wildman–Crippen LogP) is 1.42. The number of nitrogens with zero attached hydrogens (tertiary/aromatic N) is 2. The zero-order valence-corrected chi connectivity index (χ0v) is 11.5. The Kier molecular flexibility index (Phi) is 3.46. The van der Waals surface area contributed by atoms with Crippen LogP contribution in [-0.4, -0.2) is 37.8 Å². The van der Waals surface area contributed by atoms with Gasteiger partial charge in [0.25, 0.3) is 5.69 Å². The highest BCUT2D eigenvalue weighted by Gasteiger charge is 2.35. The van der Waals surface area contributed by atoms with Crippen LogP contribution in [0, 0.1) is 10.1 Å². The maximum Gasteiger partial charge on any atom is 0.292 e. The highest BCUT2D eigenvalue weighted by atomic mass is 32.2. The molecule has 1 aromatic carbocycles. The van der Waals surface area contributed by atoms with Crippen molar-refractivity contribution >= 4 is 21.4 Å². The van der Waals surface area contributed by atoms with Crippen LogP contribution in [-0.2, 0) is 10.0 Å². The minimum atomic E-state index is -3.58. The normalized spacial score (nSPS) is 15.5. The Labute approximate surface area is 111 Å². The van der Waals surface area contributed by atoms with E-state index in [2.05, 4.69) is 5.32 Å². The predicted molar refractivity (Wildman–Crippen MR) is 70.6 cm³/mol. The third kappa shape index (κ3) is 2.54. The van der Waals surface area contributed by atoms with Crippen LogP contribution < -0.4 is 5.32 Å². The van der Waals surface area contributed by atoms with E-state index in [0.29, 0.717) is 0 Å². The molecule has 0 saturated heterocycles. The number of nitro benzene ring substituents is 1. The van der Waals surface area contributed by atoms with Gasteiger partial charge in [-0.25, -0.2) is 8.42 Å². The second kappa shape index (κ2) is 4.78. The lowest BCUT2D eigenvalue weighted by Gasteiger charge is -2.16. The molecule has 1 N–H and O–H groups in total. The topological polar surface area (TPSA) is 92.6 Å². The summed E-state index contributed by atoms with van der Waals surface area (Å²) < 4.78 is 25.9. The van der Waals surface area contributed by atoms with Crippen LogP contribution in [0.5, 0.6) is 0 Å². The maximum atomic E-state index is 12.3. The van der Waals surface area contributed by atoms with E-state index in [1.165, 1.54) is 36.6 Å². The largest absolute Gasteiger partial charge is 0.383 e. The van der Waals surface area contributed by atoms with Gasteiger partial charge in [0.05, 0.1) is 9.82 Å². The standard InChI is InChI=1S/C11H15N3O4S/c1-12-10-7-9(5-6-11(10)14(15)16)19(17,18)13(2)8-3-4-8/h5-8,12H,3-4H2,1-2H3. The third-order valence-electron chi connectivity index (χ3n) is 3.17. The van der Waals surface area contributed by atoms with Crippen LogP contribution in [0.15, 0.2) is 23.1 Å². The van der Waals surface area contributed by atoms with Gasteiger partial charge in [-0.05, 0) is 25.0 Å². The SMILES string of the molecule is CNc1cc(S(=O)(=O)N(C)C2CC2)ccc1[N+](=O)[O-]. The van der Waals surface area contributed by atoms with Gasteiger partial charge in [0.2, 0.25) is 10.0 Å². The van der Waals surface area contributed by atoms with E-state index in [1.807, 2.05) is 0 Å². The van der Waals surface area contributed by atoms with Gasteiger partial charge < -0.3 is 5.32 Å². The second-order valence-corrected chi connectivity index (χ2v) is 6.44. The molecule has 104 valence electrons. The van der Waals surface area contributed by atoms with E-state index in [1.54, 1.807) is 0 Å². The Hall–Kier alpha value is -1.67. The molecule has 0 amide bonds. The van der Waals surface area contributed by atoms with Crippen LogP contribution in [0.4, 0.5) is 11.4 Å².